The van der Waals surface area contributed by atoms with Crippen LogP contribution in [0.3, 0.4) is 0 Å². The molecule has 0 aliphatic carbocycles. The van der Waals surface area contributed by atoms with Gasteiger partial charge in [-0.3, -0.25) is 5.43 Å². The molecule has 4 heteroatoms. The smallest absolute Gasteiger partial charge is 0.0892 e. The van der Waals surface area contributed by atoms with E-state index in [0.29, 0.717) is 0 Å². The molecule has 4 nitrogen and oxygen atoms in total. The summed E-state index contributed by atoms with van der Waals surface area (Å²) in [6, 6.07) is 0. The van der Waals surface area contributed by atoms with Crippen LogP contribution in [-0.4, -0.2) is 5.97 Å². The Kier molecular flexibility index (Phi) is 1.40. The fourth-order valence-electron chi connectivity index (χ4n) is 0.473. The molecule has 48 valence electrons. The van der Waals surface area contributed by atoms with Crippen LogP contribution >= 0.6 is 0 Å². The summed E-state index contributed by atoms with van der Waals surface area (Å²) in [6.45, 7) is 0. The molecule has 1 rings (SSSR count). The van der Waals surface area contributed by atoms with Gasteiger partial charge in [0.15, 0.2) is 0 Å². The molecule has 0 aromatic carbocycles. The number of nitrogens with one attached hydrogen (secondary N) is 2. The highest BCUT2D eigenvalue weighted by Gasteiger charge is 1.95. The Balaban J connectivity index is 2.68. The van der Waals surface area contributed by atoms with Gasteiger partial charge in [-0.15, -0.1) is 0 Å². The van der Waals surface area contributed by atoms with Gasteiger partial charge in [-0.2, -0.15) is 0 Å². The van der Waals surface area contributed by atoms with Crippen molar-refractivity contribution in [3.8, 4) is 0 Å². The lowest BCUT2D eigenvalue weighted by atomic mass is 10.4. The quantitative estimate of drug-likeness (QED) is 0.436. The van der Waals surface area contributed by atoms with E-state index in [-0.39, 0.29) is 5.70 Å². The van der Waals surface area contributed by atoms with E-state index < -0.39 is 5.97 Å². The molecule has 1 heterocycles. The Morgan fingerprint density at radius 1 is 1.67 bits per heavy atom. The Morgan fingerprint density at radius 3 is 2.78 bits per heavy atom. The Bertz CT molecular complexity index is 183. The van der Waals surface area contributed by atoms with Gasteiger partial charge in [0.25, 0.3) is 0 Å². The first kappa shape index (κ1) is 5.68. The summed E-state index contributed by atoms with van der Waals surface area (Å²) in [5.74, 6) is -1.22. The monoisotopic (exact) mass is 125 g/mol. The summed E-state index contributed by atoms with van der Waals surface area (Å²) in [5.41, 5.74) is 4.92. The van der Waals surface area contributed by atoms with Crippen LogP contribution in [-0.2, 0) is 4.79 Å². The van der Waals surface area contributed by atoms with E-state index >= 15 is 0 Å². The number of aliphatic carboxylic acids is 1. The van der Waals surface area contributed by atoms with Crippen LogP contribution in [0.2, 0.25) is 0 Å². The van der Waals surface area contributed by atoms with Crippen LogP contribution < -0.4 is 16.0 Å². The van der Waals surface area contributed by atoms with E-state index in [4.69, 9.17) is 0 Å². The summed E-state index contributed by atoms with van der Waals surface area (Å²) in [5, 5.41) is 10.0. The number of hydrogen-bond donors (Lipinski definition) is 2. The molecule has 2 N–H and O–H groups in total. The molecule has 0 spiro atoms. The maximum atomic E-state index is 10.0. The topological polar surface area (TPSA) is 64.2 Å². The fraction of sp³-hybridized carbons (Fsp3) is 0. The lowest BCUT2D eigenvalue weighted by Gasteiger charge is -2.13. The van der Waals surface area contributed by atoms with Crippen molar-refractivity contribution < 1.29 is 9.90 Å². The number of carboxylic acid groups (broad SMARTS) is 1. The molecule has 0 aromatic heterocycles. The van der Waals surface area contributed by atoms with Crippen molar-refractivity contribution in [1.82, 2.24) is 10.9 Å². The normalized spacial score (nSPS) is 15.3. The van der Waals surface area contributed by atoms with Crippen molar-refractivity contribution in [3.05, 3.63) is 24.0 Å². The van der Waals surface area contributed by atoms with Gasteiger partial charge in [0.05, 0.1) is 11.7 Å². The minimum atomic E-state index is -1.22. The molecule has 1 aliphatic rings. The van der Waals surface area contributed by atoms with Crippen molar-refractivity contribution in [2.45, 2.75) is 0 Å². The summed E-state index contributed by atoms with van der Waals surface area (Å²) in [4.78, 5) is 10.0. The first-order valence-electron chi connectivity index (χ1n) is 2.40. The van der Waals surface area contributed by atoms with Crippen molar-refractivity contribution >= 4 is 5.97 Å². The number of carbonyl (C=O) groups is 1. The SMILES string of the molecule is O=C([O-])C1=CC=CNN1. The van der Waals surface area contributed by atoms with E-state index in [9.17, 15) is 9.90 Å². The van der Waals surface area contributed by atoms with E-state index in [0.717, 1.165) is 0 Å². The molecule has 0 amide bonds. The number of allylic oxidation sites excluding steroid dienone is 2. The van der Waals surface area contributed by atoms with Crippen molar-refractivity contribution in [2.24, 2.45) is 0 Å². The predicted molar refractivity (Wildman–Crippen MR) is 28.5 cm³/mol. The third kappa shape index (κ3) is 1.22. The second-order valence-corrected chi connectivity index (χ2v) is 1.50. The zero-order valence-electron chi connectivity index (χ0n) is 4.55. The first-order valence-corrected chi connectivity index (χ1v) is 2.40. The summed E-state index contributed by atoms with van der Waals surface area (Å²) in [6.07, 6.45) is 4.56. The molecule has 0 saturated heterocycles. The van der Waals surface area contributed by atoms with Crippen LogP contribution in [0.15, 0.2) is 24.0 Å². The second kappa shape index (κ2) is 2.21. The number of carboxylic acids is 1. The van der Waals surface area contributed by atoms with Gasteiger partial charge < -0.3 is 15.3 Å². The highest BCUT2D eigenvalue weighted by molar-refractivity contribution is 5.84. The summed E-state index contributed by atoms with van der Waals surface area (Å²) >= 11 is 0. The van der Waals surface area contributed by atoms with Gasteiger partial charge in [0, 0.05) is 6.20 Å². The highest BCUT2D eigenvalue weighted by atomic mass is 16.4. The van der Waals surface area contributed by atoms with Gasteiger partial charge in [0.2, 0.25) is 0 Å². The molecular weight excluding hydrogens is 120 g/mol. The molecular formula is C5H5N2O2-. The molecule has 0 saturated carbocycles. The number of rotatable bonds is 1. The second-order valence-electron chi connectivity index (χ2n) is 1.50. The van der Waals surface area contributed by atoms with Crippen molar-refractivity contribution in [3.63, 3.8) is 0 Å². The lowest BCUT2D eigenvalue weighted by molar-refractivity contribution is -0.299. The molecule has 1 aliphatic heterocycles. The maximum Gasteiger partial charge on any atom is 0.0892 e. The van der Waals surface area contributed by atoms with E-state index in [1.54, 1.807) is 12.3 Å². The molecule has 0 atom stereocenters. The number of hydrogen-bond acceptors (Lipinski definition) is 4. The van der Waals surface area contributed by atoms with Crippen molar-refractivity contribution in [2.75, 3.05) is 0 Å². The fourth-order valence-corrected chi connectivity index (χ4v) is 0.473. The van der Waals surface area contributed by atoms with Crippen molar-refractivity contribution in [1.29, 1.82) is 0 Å². The molecule has 0 bridgehead atoms. The molecule has 0 aromatic rings. The third-order valence-corrected chi connectivity index (χ3v) is 0.869. The van der Waals surface area contributed by atoms with Crippen LogP contribution in [0.25, 0.3) is 0 Å². The Labute approximate surface area is 51.8 Å². The van der Waals surface area contributed by atoms with Gasteiger partial charge in [0.1, 0.15) is 0 Å². The average Bonchev–Trinajstić information content (AvgIpc) is 1.90. The average molecular weight is 125 g/mol. The standard InChI is InChI=1S/C5H6N2O2/c8-5(9)4-2-1-3-6-7-4/h1-3,6-7H,(H,8,9)/p-1. The predicted octanol–water partition coefficient (Wildman–Crippen LogP) is -1.76. The zero-order chi connectivity index (χ0) is 6.69. The van der Waals surface area contributed by atoms with Gasteiger partial charge >= 0.3 is 0 Å². The molecule has 0 unspecified atom stereocenters. The highest BCUT2D eigenvalue weighted by Crippen LogP contribution is 1.89. The van der Waals surface area contributed by atoms with Crippen LogP contribution in [0.4, 0.5) is 0 Å². The van der Waals surface area contributed by atoms with Gasteiger partial charge in [-0.25, -0.2) is 0 Å². The summed E-state index contributed by atoms with van der Waals surface area (Å²) in [7, 11) is 0. The largest absolute Gasteiger partial charge is 0.543 e. The molecule has 0 fully saturated rings. The van der Waals surface area contributed by atoms with Crippen LogP contribution in [0.5, 0.6) is 0 Å². The third-order valence-electron chi connectivity index (χ3n) is 0.869. The van der Waals surface area contributed by atoms with Gasteiger partial charge in [-0.05, 0) is 12.2 Å². The molecule has 0 radical (unpaired) electrons. The van der Waals surface area contributed by atoms with Gasteiger partial charge in [-0.1, -0.05) is 0 Å². The Hall–Kier alpha value is -1.45. The van der Waals surface area contributed by atoms with E-state index in [2.05, 4.69) is 10.9 Å². The van der Waals surface area contributed by atoms with Crippen LogP contribution in [0, 0.1) is 0 Å². The maximum absolute atomic E-state index is 10.0. The number of hydrazine groups is 1. The first-order chi connectivity index (χ1) is 4.30. The Morgan fingerprint density at radius 2 is 2.44 bits per heavy atom. The minimum absolute atomic E-state index is 0.0394. The lowest BCUT2D eigenvalue weighted by Crippen LogP contribution is -2.38. The van der Waals surface area contributed by atoms with E-state index in [1.165, 1.54) is 6.08 Å². The molecule has 9 heavy (non-hydrogen) atoms. The minimum Gasteiger partial charge on any atom is -0.543 e. The van der Waals surface area contributed by atoms with E-state index in [1.807, 2.05) is 0 Å². The number of carbonyl (C=O) groups excluding carboxylic acids is 1. The zero-order valence-corrected chi connectivity index (χ0v) is 4.55. The van der Waals surface area contributed by atoms with Crippen LogP contribution in [0.1, 0.15) is 0 Å². The summed E-state index contributed by atoms with van der Waals surface area (Å²) < 4.78 is 0.